The van der Waals surface area contributed by atoms with Crippen LogP contribution in [0.25, 0.3) is 11.1 Å². The van der Waals surface area contributed by atoms with Gasteiger partial charge in [-0.05, 0) is 68.0 Å². The summed E-state index contributed by atoms with van der Waals surface area (Å²) in [6.45, 7) is 8.35. The van der Waals surface area contributed by atoms with Gasteiger partial charge in [0, 0.05) is 17.3 Å². The molecule has 2 heterocycles. The molecule has 3 nitrogen and oxygen atoms in total. The van der Waals surface area contributed by atoms with Gasteiger partial charge in [0.15, 0.2) is 0 Å². The van der Waals surface area contributed by atoms with Crippen molar-refractivity contribution in [1.82, 2.24) is 0 Å². The lowest BCUT2D eigenvalue weighted by Gasteiger charge is -2.32. The van der Waals surface area contributed by atoms with Crippen LogP contribution in [0.15, 0.2) is 97.1 Å². The zero-order valence-electron chi connectivity index (χ0n) is 20.2. The summed E-state index contributed by atoms with van der Waals surface area (Å²) in [5.74, 6) is 0.406. The van der Waals surface area contributed by atoms with Crippen LogP contribution in [0.1, 0.15) is 39.2 Å². The van der Waals surface area contributed by atoms with E-state index < -0.39 is 0 Å². The first kappa shape index (κ1) is 21.5. The second-order valence-corrected chi connectivity index (χ2v) is 10.5. The highest BCUT2D eigenvalue weighted by Gasteiger charge is 2.51. The van der Waals surface area contributed by atoms with Crippen molar-refractivity contribution in [2.45, 2.75) is 50.9 Å². The number of hydrogen-bond acceptors (Lipinski definition) is 3. The molecule has 0 spiro atoms. The highest BCUT2D eigenvalue weighted by molar-refractivity contribution is 6.62. The van der Waals surface area contributed by atoms with Gasteiger partial charge in [-0.2, -0.15) is 0 Å². The summed E-state index contributed by atoms with van der Waals surface area (Å²) in [6, 6.07) is 26.6. The van der Waals surface area contributed by atoms with Crippen LogP contribution in [0.3, 0.4) is 0 Å². The van der Waals surface area contributed by atoms with Gasteiger partial charge < -0.3 is 14.2 Å². The van der Waals surface area contributed by atoms with Crippen molar-refractivity contribution in [3.05, 3.63) is 103 Å². The van der Waals surface area contributed by atoms with Crippen LogP contribution in [-0.4, -0.2) is 24.4 Å². The molecule has 6 rings (SSSR count). The Labute approximate surface area is 202 Å². The molecule has 1 fully saturated rings. The van der Waals surface area contributed by atoms with Gasteiger partial charge in [0.2, 0.25) is 0 Å². The van der Waals surface area contributed by atoms with Crippen LogP contribution in [0.2, 0.25) is 0 Å². The second kappa shape index (κ2) is 7.73. The molecule has 170 valence electrons. The van der Waals surface area contributed by atoms with E-state index in [-0.39, 0.29) is 18.3 Å². The number of benzene rings is 3. The molecule has 0 aromatic heterocycles. The Morgan fingerprint density at radius 2 is 1.29 bits per heavy atom. The largest absolute Gasteiger partial charge is 0.494 e. The van der Waals surface area contributed by atoms with Crippen LogP contribution in [0.4, 0.5) is 11.4 Å². The smallest absolute Gasteiger partial charge is 0.399 e. The molecule has 0 amide bonds. The molecule has 3 aliphatic rings. The zero-order valence-corrected chi connectivity index (χ0v) is 20.2. The molecule has 34 heavy (non-hydrogen) atoms. The molecule has 0 N–H and O–H groups in total. The molecule has 2 aliphatic heterocycles. The molecule has 1 aliphatic carbocycles. The molecule has 1 saturated heterocycles. The van der Waals surface area contributed by atoms with Gasteiger partial charge in [-0.25, -0.2) is 0 Å². The Kier molecular flexibility index (Phi) is 4.88. The molecule has 0 saturated carbocycles. The third kappa shape index (κ3) is 3.36. The lowest BCUT2D eigenvalue weighted by molar-refractivity contribution is 0.00578. The summed E-state index contributed by atoms with van der Waals surface area (Å²) in [4.78, 5) is 2.46. The van der Waals surface area contributed by atoms with E-state index in [1.165, 1.54) is 28.1 Å². The first-order valence-electron chi connectivity index (χ1n) is 12.1. The average molecular weight is 447 g/mol. The number of hydrogen-bond donors (Lipinski definition) is 0. The van der Waals surface area contributed by atoms with E-state index >= 15 is 0 Å². The highest BCUT2D eigenvalue weighted by Crippen LogP contribution is 2.47. The first-order valence-corrected chi connectivity index (χ1v) is 12.1. The molecular formula is C30H30BNO2. The van der Waals surface area contributed by atoms with E-state index in [4.69, 9.17) is 9.31 Å². The maximum absolute atomic E-state index is 6.20. The van der Waals surface area contributed by atoms with Crippen LogP contribution in [0.5, 0.6) is 0 Å². The van der Waals surface area contributed by atoms with Crippen LogP contribution in [0, 0.1) is 0 Å². The maximum Gasteiger partial charge on any atom is 0.494 e. The Morgan fingerprint density at radius 1 is 0.706 bits per heavy atom. The minimum atomic E-state index is -0.331. The fraction of sp³-hybridized carbons (Fsp3) is 0.267. The van der Waals surface area contributed by atoms with Gasteiger partial charge in [-0.15, -0.1) is 0 Å². The Morgan fingerprint density at radius 3 is 1.97 bits per heavy atom. The van der Waals surface area contributed by atoms with E-state index in [1.54, 1.807) is 0 Å². The predicted octanol–water partition coefficient (Wildman–Crippen LogP) is 6.38. The number of fused-ring (bicyclic) bond motifs is 3. The van der Waals surface area contributed by atoms with Crippen molar-refractivity contribution in [3.63, 3.8) is 0 Å². The van der Waals surface area contributed by atoms with E-state index in [0.29, 0.717) is 12.0 Å². The molecular weight excluding hydrogens is 417 g/mol. The third-order valence-corrected chi connectivity index (χ3v) is 7.87. The number of anilines is 2. The monoisotopic (exact) mass is 447 g/mol. The molecule has 0 radical (unpaired) electrons. The van der Waals surface area contributed by atoms with Crippen molar-refractivity contribution < 1.29 is 9.31 Å². The molecule has 4 heteroatoms. The number of allylic oxidation sites excluding steroid dienone is 2. The van der Waals surface area contributed by atoms with E-state index in [2.05, 4.69) is 130 Å². The summed E-state index contributed by atoms with van der Waals surface area (Å²) < 4.78 is 12.4. The van der Waals surface area contributed by atoms with E-state index in [0.717, 1.165) is 5.46 Å². The van der Waals surface area contributed by atoms with E-state index in [9.17, 15) is 0 Å². The molecule has 2 atom stereocenters. The van der Waals surface area contributed by atoms with Crippen molar-refractivity contribution in [2.75, 3.05) is 4.90 Å². The van der Waals surface area contributed by atoms with Crippen LogP contribution < -0.4 is 10.4 Å². The molecule has 3 aromatic carbocycles. The lowest BCUT2D eigenvalue weighted by Crippen LogP contribution is -2.41. The highest BCUT2D eigenvalue weighted by atomic mass is 16.7. The molecule has 2 unspecified atom stereocenters. The second-order valence-electron chi connectivity index (χ2n) is 10.5. The van der Waals surface area contributed by atoms with Crippen molar-refractivity contribution >= 4 is 24.0 Å². The van der Waals surface area contributed by atoms with Crippen molar-refractivity contribution in [3.8, 4) is 11.1 Å². The minimum Gasteiger partial charge on any atom is -0.399 e. The Bertz CT molecular complexity index is 1260. The third-order valence-electron chi connectivity index (χ3n) is 7.87. The first-order chi connectivity index (χ1) is 16.3. The van der Waals surface area contributed by atoms with Crippen molar-refractivity contribution in [2.24, 2.45) is 0 Å². The Hall–Kier alpha value is -3.08. The average Bonchev–Trinajstić information content (AvgIpc) is 3.29. The van der Waals surface area contributed by atoms with Gasteiger partial charge in [-0.3, -0.25) is 0 Å². The van der Waals surface area contributed by atoms with Gasteiger partial charge in [0.25, 0.3) is 0 Å². The van der Waals surface area contributed by atoms with Crippen molar-refractivity contribution in [1.29, 1.82) is 0 Å². The van der Waals surface area contributed by atoms with E-state index in [1.807, 2.05) is 0 Å². The zero-order chi connectivity index (χ0) is 23.5. The number of para-hydroxylation sites is 1. The summed E-state index contributed by atoms with van der Waals surface area (Å²) >= 11 is 0. The Balaban J connectivity index is 1.25. The van der Waals surface area contributed by atoms with Gasteiger partial charge in [-0.1, -0.05) is 78.9 Å². The van der Waals surface area contributed by atoms with Gasteiger partial charge in [0.1, 0.15) is 0 Å². The normalized spacial score (nSPS) is 23.8. The summed E-state index contributed by atoms with van der Waals surface area (Å²) in [5.41, 5.74) is 6.70. The van der Waals surface area contributed by atoms with Gasteiger partial charge >= 0.3 is 7.12 Å². The predicted molar refractivity (Wildman–Crippen MR) is 141 cm³/mol. The summed E-state index contributed by atoms with van der Waals surface area (Å²) in [6.07, 6.45) is 8.96. The topological polar surface area (TPSA) is 21.7 Å². The SMILES string of the molecule is CC1(C)OB(c2ccc(-c3ccc(N4c5ccccc5C5C=CC=CC54)cc3)cc2)OC1(C)C. The molecule has 3 aromatic rings. The standard InChI is InChI=1S/C30H30BNO2/c1-29(2)30(3,4)34-31(33-29)23-17-13-21(14-18-23)22-15-19-24(20-16-22)32-27-11-7-5-9-25(27)26-10-6-8-12-28(26)32/h5-20,25,27H,1-4H3. The fourth-order valence-corrected chi connectivity index (χ4v) is 5.22. The van der Waals surface area contributed by atoms with Crippen LogP contribution >= 0.6 is 0 Å². The quantitative estimate of drug-likeness (QED) is 0.435. The maximum atomic E-state index is 6.20. The number of rotatable bonds is 3. The lowest BCUT2D eigenvalue weighted by atomic mass is 9.78. The molecule has 0 bridgehead atoms. The summed E-state index contributed by atoms with van der Waals surface area (Å²) in [7, 11) is -0.331. The minimum absolute atomic E-state index is 0.326. The van der Waals surface area contributed by atoms with Crippen LogP contribution in [-0.2, 0) is 9.31 Å². The number of nitrogens with zero attached hydrogens (tertiary/aromatic N) is 1. The fourth-order valence-electron chi connectivity index (χ4n) is 5.22. The summed E-state index contributed by atoms with van der Waals surface area (Å²) in [5, 5.41) is 0. The van der Waals surface area contributed by atoms with Gasteiger partial charge in [0.05, 0.1) is 17.2 Å².